The summed E-state index contributed by atoms with van der Waals surface area (Å²) in [6, 6.07) is 4.33. The Balaban J connectivity index is 1.90. The van der Waals surface area contributed by atoms with Crippen molar-refractivity contribution in [2.45, 2.75) is 37.8 Å². The molecule has 0 amide bonds. The van der Waals surface area contributed by atoms with Crippen molar-refractivity contribution >= 4 is 32.5 Å². The van der Waals surface area contributed by atoms with Crippen LogP contribution in [0.25, 0.3) is 10.9 Å². The molecule has 2 fully saturated rings. The van der Waals surface area contributed by atoms with Gasteiger partial charge in [0.05, 0.1) is 22.5 Å². The fourth-order valence-electron chi connectivity index (χ4n) is 3.27. The van der Waals surface area contributed by atoms with Gasteiger partial charge in [0, 0.05) is 28.9 Å². The molecule has 1 aromatic carbocycles. The molecule has 2 aromatic rings. The topological polar surface area (TPSA) is 16.1 Å². The lowest BCUT2D eigenvalue weighted by Gasteiger charge is -2.22. The SMILES string of the molecule is FC(F)(F)c1cc(Br)c2cc(N3CCCC3)c(C3CC3)nc2c1. The summed E-state index contributed by atoms with van der Waals surface area (Å²) >= 11 is 3.30. The molecule has 1 saturated heterocycles. The molecule has 122 valence electrons. The van der Waals surface area contributed by atoms with Gasteiger partial charge in [0.15, 0.2) is 0 Å². The van der Waals surface area contributed by atoms with Gasteiger partial charge >= 0.3 is 6.18 Å². The molecule has 0 atom stereocenters. The standard InChI is InChI=1S/C17H16BrF3N2/c18-13-7-11(17(19,20)21)8-14-12(13)9-15(23-5-1-2-6-23)16(22-14)10-3-4-10/h7-10H,1-6H2. The maximum absolute atomic E-state index is 13.0. The summed E-state index contributed by atoms with van der Waals surface area (Å²) in [5.41, 5.74) is 1.86. The average molecular weight is 385 g/mol. The molecular weight excluding hydrogens is 369 g/mol. The summed E-state index contributed by atoms with van der Waals surface area (Å²) in [5, 5.41) is 0.754. The van der Waals surface area contributed by atoms with Crippen molar-refractivity contribution in [3.63, 3.8) is 0 Å². The van der Waals surface area contributed by atoms with Crippen molar-refractivity contribution < 1.29 is 13.2 Å². The summed E-state index contributed by atoms with van der Waals surface area (Å²) in [6.07, 6.45) is 0.136. The first-order valence-electron chi connectivity index (χ1n) is 7.90. The Bertz CT molecular complexity index is 763. The first-order valence-corrected chi connectivity index (χ1v) is 8.69. The van der Waals surface area contributed by atoms with Crippen molar-refractivity contribution in [2.75, 3.05) is 18.0 Å². The van der Waals surface area contributed by atoms with E-state index in [4.69, 9.17) is 0 Å². The number of rotatable bonds is 2. The summed E-state index contributed by atoms with van der Waals surface area (Å²) in [4.78, 5) is 6.97. The van der Waals surface area contributed by atoms with Gasteiger partial charge in [0.25, 0.3) is 0 Å². The average Bonchev–Trinajstić information content (AvgIpc) is 3.20. The highest BCUT2D eigenvalue weighted by Gasteiger charge is 2.33. The van der Waals surface area contributed by atoms with E-state index < -0.39 is 11.7 Å². The molecule has 23 heavy (non-hydrogen) atoms. The third kappa shape index (κ3) is 2.82. The molecule has 1 saturated carbocycles. The highest BCUT2D eigenvalue weighted by atomic mass is 79.9. The van der Waals surface area contributed by atoms with E-state index in [1.807, 2.05) is 6.07 Å². The van der Waals surface area contributed by atoms with Crippen LogP contribution in [0.4, 0.5) is 18.9 Å². The second-order valence-electron chi connectivity index (χ2n) is 6.38. The zero-order chi connectivity index (χ0) is 16.2. The van der Waals surface area contributed by atoms with Crippen LogP contribution < -0.4 is 4.90 Å². The zero-order valence-electron chi connectivity index (χ0n) is 12.5. The number of alkyl halides is 3. The van der Waals surface area contributed by atoms with Crippen LogP contribution in [0.2, 0.25) is 0 Å². The maximum atomic E-state index is 13.0. The fourth-order valence-corrected chi connectivity index (χ4v) is 3.83. The minimum absolute atomic E-state index is 0.406. The van der Waals surface area contributed by atoms with Crippen molar-refractivity contribution in [3.05, 3.63) is 33.9 Å². The molecule has 4 rings (SSSR count). The number of anilines is 1. The number of hydrogen-bond donors (Lipinski definition) is 0. The number of aromatic nitrogens is 1. The third-order valence-electron chi connectivity index (χ3n) is 4.63. The fraction of sp³-hybridized carbons (Fsp3) is 0.471. The Hall–Kier alpha value is -1.30. The Kier molecular flexibility index (Phi) is 3.55. The van der Waals surface area contributed by atoms with Crippen LogP contribution in [-0.2, 0) is 6.18 Å². The van der Waals surface area contributed by atoms with Gasteiger partial charge in [0.1, 0.15) is 0 Å². The Morgan fingerprint density at radius 2 is 1.78 bits per heavy atom. The molecule has 0 bridgehead atoms. The molecule has 2 aliphatic rings. The number of hydrogen-bond acceptors (Lipinski definition) is 2. The number of halogens is 4. The van der Waals surface area contributed by atoms with E-state index >= 15 is 0 Å². The van der Waals surface area contributed by atoms with Crippen LogP contribution in [-0.4, -0.2) is 18.1 Å². The normalized spacial score (nSPS) is 18.9. The van der Waals surface area contributed by atoms with Crippen LogP contribution in [0.15, 0.2) is 22.7 Å². The van der Waals surface area contributed by atoms with Crippen molar-refractivity contribution in [1.29, 1.82) is 0 Å². The summed E-state index contributed by atoms with van der Waals surface area (Å²) in [5.74, 6) is 0.406. The van der Waals surface area contributed by atoms with Crippen LogP contribution >= 0.6 is 15.9 Å². The van der Waals surface area contributed by atoms with Gasteiger partial charge in [-0.1, -0.05) is 15.9 Å². The molecule has 1 aliphatic carbocycles. The number of benzene rings is 1. The Labute approximate surface area is 140 Å². The molecule has 6 heteroatoms. The first-order chi connectivity index (χ1) is 10.9. The van der Waals surface area contributed by atoms with E-state index in [-0.39, 0.29) is 0 Å². The second kappa shape index (κ2) is 5.36. The molecule has 0 unspecified atom stereocenters. The quantitative estimate of drug-likeness (QED) is 0.679. The lowest BCUT2D eigenvalue weighted by Crippen LogP contribution is -2.20. The van der Waals surface area contributed by atoms with E-state index in [1.165, 1.54) is 6.07 Å². The smallest absolute Gasteiger partial charge is 0.370 e. The van der Waals surface area contributed by atoms with Crippen LogP contribution in [0.3, 0.4) is 0 Å². The Morgan fingerprint density at radius 1 is 1.09 bits per heavy atom. The van der Waals surface area contributed by atoms with Crippen molar-refractivity contribution in [2.24, 2.45) is 0 Å². The van der Waals surface area contributed by atoms with Gasteiger partial charge in [0.2, 0.25) is 0 Å². The highest BCUT2D eigenvalue weighted by Crippen LogP contribution is 2.46. The minimum atomic E-state index is -4.36. The predicted molar refractivity (Wildman–Crippen MR) is 87.9 cm³/mol. The van der Waals surface area contributed by atoms with Gasteiger partial charge in [-0.25, -0.2) is 0 Å². The van der Waals surface area contributed by atoms with E-state index in [0.29, 0.717) is 15.9 Å². The first kappa shape index (κ1) is 15.2. The van der Waals surface area contributed by atoms with E-state index in [2.05, 4.69) is 25.8 Å². The monoisotopic (exact) mass is 384 g/mol. The van der Waals surface area contributed by atoms with Gasteiger partial charge in [-0.15, -0.1) is 0 Å². The number of pyridine rings is 1. The second-order valence-corrected chi connectivity index (χ2v) is 7.24. The molecule has 1 aromatic heterocycles. The summed E-state index contributed by atoms with van der Waals surface area (Å²) < 4.78 is 39.6. The molecule has 0 N–H and O–H groups in total. The van der Waals surface area contributed by atoms with E-state index in [9.17, 15) is 13.2 Å². The number of nitrogens with zero attached hydrogens (tertiary/aromatic N) is 2. The maximum Gasteiger partial charge on any atom is 0.416 e. The summed E-state index contributed by atoms with van der Waals surface area (Å²) in [7, 11) is 0. The molecule has 0 radical (unpaired) electrons. The van der Waals surface area contributed by atoms with Gasteiger partial charge in [-0.2, -0.15) is 13.2 Å². The molecule has 2 heterocycles. The van der Waals surface area contributed by atoms with E-state index in [0.717, 1.165) is 61.6 Å². The Morgan fingerprint density at radius 3 is 2.39 bits per heavy atom. The minimum Gasteiger partial charge on any atom is -0.370 e. The molecule has 1 aliphatic heterocycles. The van der Waals surface area contributed by atoms with Crippen molar-refractivity contribution in [3.8, 4) is 0 Å². The third-order valence-corrected chi connectivity index (χ3v) is 5.29. The summed E-state index contributed by atoms with van der Waals surface area (Å²) in [6.45, 7) is 2.01. The highest BCUT2D eigenvalue weighted by molar-refractivity contribution is 9.10. The van der Waals surface area contributed by atoms with Crippen LogP contribution in [0, 0.1) is 0 Å². The van der Waals surface area contributed by atoms with Gasteiger partial charge < -0.3 is 4.90 Å². The molecule has 0 spiro atoms. The van der Waals surface area contributed by atoms with E-state index in [1.54, 1.807) is 0 Å². The van der Waals surface area contributed by atoms with Gasteiger partial charge in [-0.3, -0.25) is 4.98 Å². The number of fused-ring (bicyclic) bond motifs is 1. The zero-order valence-corrected chi connectivity index (χ0v) is 14.0. The van der Waals surface area contributed by atoms with Crippen LogP contribution in [0.5, 0.6) is 0 Å². The predicted octanol–water partition coefficient (Wildman–Crippen LogP) is 5.49. The largest absolute Gasteiger partial charge is 0.416 e. The van der Waals surface area contributed by atoms with Gasteiger partial charge in [-0.05, 0) is 43.9 Å². The lowest BCUT2D eigenvalue weighted by molar-refractivity contribution is -0.137. The van der Waals surface area contributed by atoms with Crippen molar-refractivity contribution in [1.82, 2.24) is 4.98 Å². The lowest BCUT2D eigenvalue weighted by atomic mass is 10.1. The van der Waals surface area contributed by atoms with Crippen LogP contribution in [0.1, 0.15) is 42.9 Å². The molecule has 2 nitrogen and oxygen atoms in total. The molecular formula is C17H16BrF3N2.